The Morgan fingerprint density at radius 1 is 0.949 bits per heavy atom. The van der Waals surface area contributed by atoms with Crippen molar-refractivity contribution in [3.8, 4) is 0 Å². The number of amides is 1. The summed E-state index contributed by atoms with van der Waals surface area (Å²) in [5, 5.41) is 50.7. The van der Waals surface area contributed by atoms with Crippen LogP contribution in [0.3, 0.4) is 0 Å². The molecule has 1 amide bonds. The lowest BCUT2D eigenvalue weighted by atomic mass is 9.50. The number of carbonyl (C=O) groups is 6. The standard InChI is InChI=1S/C43H59NO15/c1-22(2)17-28(44-38(52)59-39(6,7)8)31(48)37(51)57-29-19-43(54)35(58-36(50)26-15-13-12-14-16-26)33-41(11,18-27(20-45)42(33,53)21-55-24(4)46)34(49)32(56-25(5)47)30(23(29)3)40(43,9)10/h12-16,18,22,28-29,31-33,35,45,48,53-54H,17,19-21H2,1-11H3,(H,44,52)/t28-,29+,31-,32-,33+,35+,41-,42-,43-/m1/s1. The first-order valence-corrected chi connectivity index (χ1v) is 19.6. The Morgan fingerprint density at radius 3 is 2.08 bits per heavy atom. The second-order valence-electron chi connectivity index (χ2n) is 17.9. The quantitative estimate of drug-likeness (QED) is 0.115. The van der Waals surface area contributed by atoms with Crippen LogP contribution in [0.2, 0.25) is 0 Å². The van der Waals surface area contributed by atoms with Crippen LogP contribution in [0.25, 0.3) is 0 Å². The van der Waals surface area contributed by atoms with Crippen molar-refractivity contribution < 1.29 is 72.9 Å². The predicted molar refractivity (Wildman–Crippen MR) is 209 cm³/mol. The molecule has 4 rings (SSSR count). The number of benzene rings is 1. The molecule has 0 aromatic heterocycles. The first-order valence-electron chi connectivity index (χ1n) is 19.6. The van der Waals surface area contributed by atoms with Crippen LogP contribution in [0.4, 0.5) is 4.79 Å². The third-order valence-corrected chi connectivity index (χ3v) is 11.7. The Kier molecular flexibility index (Phi) is 13.7. The van der Waals surface area contributed by atoms with E-state index in [1.54, 1.807) is 39.0 Å². The van der Waals surface area contributed by atoms with Crippen molar-refractivity contribution in [2.24, 2.45) is 22.7 Å². The summed E-state index contributed by atoms with van der Waals surface area (Å²) in [6, 6.07) is 6.48. The number of alkyl carbamates (subject to hydrolysis) is 1. The van der Waals surface area contributed by atoms with E-state index in [4.69, 9.17) is 23.7 Å². The van der Waals surface area contributed by atoms with Gasteiger partial charge in [0.2, 0.25) is 0 Å². The summed E-state index contributed by atoms with van der Waals surface area (Å²) < 4.78 is 28.6. The van der Waals surface area contributed by atoms with Crippen molar-refractivity contribution in [1.29, 1.82) is 0 Å². The van der Waals surface area contributed by atoms with Crippen LogP contribution in [-0.2, 0) is 42.9 Å². The molecule has 0 radical (unpaired) electrons. The third-order valence-electron chi connectivity index (χ3n) is 11.7. The van der Waals surface area contributed by atoms with E-state index in [0.717, 1.165) is 13.8 Å². The summed E-state index contributed by atoms with van der Waals surface area (Å²) in [5.41, 5.74) is -9.55. The maximum atomic E-state index is 15.2. The molecule has 0 heterocycles. The van der Waals surface area contributed by atoms with Crippen molar-refractivity contribution in [3.05, 3.63) is 58.7 Å². The molecule has 9 atom stereocenters. The number of Topliss-reactive ketones (excluding diaryl/α,β-unsaturated/α-hetero) is 1. The molecule has 3 aliphatic rings. The Bertz CT molecular complexity index is 1880. The molecule has 1 aromatic rings. The highest BCUT2D eigenvalue weighted by Gasteiger charge is 2.73. The van der Waals surface area contributed by atoms with Gasteiger partial charge in [-0.3, -0.25) is 14.4 Å². The number of nitrogens with one attached hydrogen (secondary N) is 1. The van der Waals surface area contributed by atoms with Gasteiger partial charge in [-0.2, -0.15) is 0 Å². The summed E-state index contributed by atoms with van der Waals surface area (Å²) in [7, 11) is 0. The summed E-state index contributed by atoms with van der Waals surface area (Å²) in [4.78, 5) is 81.1. The van der Waals surface area contributed by atoms with Crippen molar-refractivity contribution in [2.75, 3.05) is 13.2 Å². The predicted octanol–water partition coefficient (Wildman–Crippen LogP) is 3.27. The van der Waals surface area contributed by atoms with E-state index in [1.165, 1.54) is 45.9 Å². The lowest BCUT2D eigenvalue weighted by Gasteiger charge is -2.59. The van der Waals surface area contributed by atoms with Crippen LogP contribution in [0.1, 0.15) is 99.4 Å². The number of rotatable bonds is 12. The second-order valence-corrected chi connectivity index (χ2v) is 17.9. The molecule has 0 saturated heterocycles. The highest BCUT2D eigenvalue weighted by Crippen LogP contribution is 2.62. The van der Waals surface area contributed by atoms with Crippen LogP contribution in [0, 0.1) is 22.7 Å². The smallest absolute Gasteiger partial charge is 0.407 e. The number of carbonyl (C=O) groups excluding carboxylic acids is 6. The zero-order valence-corrected chi connectivity index (χ0v) is 35.6. The lowest BCUT2D eigenvalue weighted by Crippen LogP contribution is -2.71. The third kappa shape index (κ3) is 9.25. The molecule has 16 heteroatoms. The Labute approximate surface area is 344 Å². The normalized spacial score (nSPS) is 29.8. The van der Waals surface area contributed by atoms with Crippen molar-refractivity contribution in [1.82, 2.24) is 5.32 Å². The van der Waals surface area contributed by atoms with Gasteiger partial charge in [0, 0.05) is 25.7 Å². The first-order chi connectivity index (χ1) is 27.1. The fourth-order valence-corrected chi connectivity index (χ4v) is 8.86. The molecule has 59 heavy (non-hydrogen) atoms. The van der Waals surface area contributed by atoms with E-state index in [-0.39, 0.29) is 34.6 Å². The molecule has 0 aliphatic heterocycles. The average molecular weight is 830 g/mol. The van der Waals surface area contributed by atoms with Gasteiger partial charge in [-0.05, 0) is 75.8 Å². The number of hydrogen-bond acceptors (Lipinski definition) is 15. The molecule has 0 unspecified atom stereocenters. The minimum Gasteiger partial charge on any atom is -0.462 e. The van der Waals surface area contributed by atoms with Gasteiger partial charge in [-0.1, -0.05) is 52.0 Å². The maximum absolute atomic E-state index is 15.2. The fraction of sp³-hybridized carbons (Fsp3) is 0.628. The van der Waals surface area contributed by atoms with Gasteiger partial charge in [-0.25, -0.2) is 14.4 Å². The zero-order valence-electron chi connectivity index (χ0n) is 35.6. The Balaban J connectivity index is 1.98. The van der Waals surface area contributed by atoms with Crippen LogP contribution in [-0.4, -0.2) is 117 Å². The molecule has 326 valence electrons. The summed E-state index contributed by atoms with van der Waals surface area (Å²) in [6.07, 6.45) is -7.34. The molecular weight excluding hydrogens is 770 g/mol. The maximum Gasteiger partial charge on any atom is 0.407 e. The molecule has 16 nitrogen and oxygen atoms in total. The highest BCUT2D eigenvalue weighted by atomic mass is 16.6. The second kappa shape index (κ2) is 17.1. The largest absolute Gasteiger partial charge is 0.462 e. The van der Waals surface area contributed by atoms with Crippen molar-refractivity contribution >= 4 is 35.8 Å². The SMILES string of the molecule is CC(=O)OC[C@@]1(O)C(CO)=C[C@@]2(C)C(=O)[C@H](OC(C)=O)C3=C(C)[C@@H](OC(=O)[C@H](O)[C@@H](CC(C)C)NC(=O)OC(C)(C)C)C[C@@](O)([C@@H](OC(=O)c4ccccc4)[C@@H]21)C3(C)C. The van der Waals surface area contributed by atoms with Crippen molar-refractivity contribution in [2.45, 2.75) is 136 Å². The molecular formula is C43H59NO15. The molecule has 2 bridgehead atoms. The number of aliphatic hydroxyl groups excluding tert-OH is 2. The van der Waals surface area contributed by atoms with Gasteiger partial charge in [-0.15, -0.1) is 0 Å². The number of hydrogen-bond donors (Lipinski definition) is 5. The number of allylic oxidation sites excluding steroid dienone is 1. The fourth-order valence-electron chi connectivity index (χ4n) is 8.86. The van der Waals surface area contributed by atoms with E-state index in [9.17, 15) is 44.4 Å². The number of aliphatic hydroxyl groups is 4. The monoisotopic (exact) mass is 829 g/mol. The minimum absolute atomic E-state index is 0.0147. The summed E-state index contributed by atoms with van der Waals surface area (Å²) >= 11 is 0. The number of ether oxygens (including phenoxy) is 5. The number of fused-ring (bicyclic) bond motifs is 3. The highest BCUT2D eigenvalue weighted by molar-refractivity contribution is 5.97. The molecule has 1 fully saturated rings. The van der Waals surface area contributed by atoms with E-state index in [0.29, 0.717) is 0 Å². The van der Waals surface area contributed by atoms with E-state index in [1.807, 2.05) is 13.8 Å². The average Bonchev–Trinajstić information content (AvgIpc) is 3.35. The van der Waals surface area contributed by atoms with Gasteiger partial charge >= 0.3 is 30.0 Å². The van der Waals surface area contributed by atoms with Crippen LogP contribution >= 0.6 is 0 Å². The molecule has 3 aliphatic carbocycles. The zero-order chi connectivity index (χ0) is 44.6. The van der Waals surface area contributed by atoms with Crippen LogP contribution in [0.5, 0.6) is 0 Å². The Hall–Kier alpha value is -4.64. The van der Waals surface area contributed by atoms with Crippen LogP contribution < -0.4 is 5.32 Å². The van der Waals surface area contributed by atoms with Gasteiger partial charge in [0.05, 0.1) is 29.5 Å². The molecule has 1 saturated carbocycles. The van der Waals surface area contributed by atoms with Gasteiger partial charge in [0.1, 0.15) is 35.6 Å². The number of ketones is 1. The van der Waals surface area contributed by atoms with E-state index < -0.39 is 119 Å². The lowest BCUT2D eigenvalue weighted by molar-refractivity contribution is -0.228. The van der Waals surface area contributed by atoms with E-state index in [2.05, 4.69) is 5.32 Å². The minimum atomic E-state index is -2.48. The van der Waals surface area contributed by atoms with Gasteiger partial charge < -0.3 is 49.4 Å². The van der Waals surface area contributed by atoms with E-state index >= 15 is 4.79 Å². The molecule has 0 spiro atoms. The van der Waals surface area contributed by atoms with Crippen LogP contribution in [0.15, 0.2) is 53.1 Å². The summed E-state index contributed by atoms with van der Waals surface area (Å²) in [5.74, 6) is -6.70. The topological polar surface area (TPSA) is 242 Å². The Morgan fingerprint density at radius 2 is 1.56 bits per heavy atom. The number of esters is 4. The first kappa shape index (κ1) is 47.0. The van der Waals surface area contributed by atoms with Crippen molar-refractivity contribution in [3.63, 3.8) is 0 Å². The van der Waals surface area contributed by atoms with Gasteiger partial charge in [0.15, 0.2) is 18.0 Å². The summed E-state index contributed by atoms with van der Waals surface area (Å²) in [6.45, 7) is 14.9. The molecule has 5 N–H and O–H groups in total. The molecule has 1 aromatic carbocycles. The van der Waals surface area contributed by atoms with Gasteiger partial charge in [0.25, 0.3) is 0 Å².